The van der Waals surface area contributed by atoms with Crippen LogP contribution in [0.2, 0.25) is 5.02 Å². The van der Waals surface area contributed by atoms with Crippen molar-refractivity contribution in [3.8, 4) is 0 Å². The zero-order valence-electron chi connectivity index (χ0n) is 11.9. The highest BCUT2D eigenvalue weighted by atomic mass is 35.5. The van der Waals surface area contributed by atoms with Gasteiger partial charge in [-0.25, -0.2) is 0 Å². The summed E-state index contributed by atoms with van der Waals surface area (Å²) in [6.45, 7) is 5.02. The maximum atomic E-state index is 10.8. The fourth-order valence-electron chi connectivity index (χ4n) is 2.52. The Bertz CT molecular complexity index is 499. The van der Waals surface area contributed by atoms with Crippen LogP contribution in [0.3, 0.4) is 0 Å². The van der Waals surface area contributed by atoms with E-state index in [4.69, 9.17) is 11.6 Å². The van der Waals surface area contributed by atoms with E-state index in [0.717, 1.165) is 30.9 Å². The second-order valence-corrected chi connectivity index (χ2v) is 5.91. The summed E-state index contributed by atoms with van der Waals surface area (Å²) in [5.74, 6) is 0.652. The minimum atomic E-state index is -0.448. The summed E-state index contributed by atoms with van der Waals surface area (Å²) in [6.07, 6.45) is 2.37. The number of nitrogens with one attached hydrogen (secondary N) is 1. The number of anilines is 1. The predicted octanol–water partition coefficient (Wildman–Crippen LogP) is 3.31. The van der Waals surface area contributed by atoms with Gasteiger partial charge in [-0.05, 0) is 57.5 Å². The Balaban J connectivity index is 1.99. The molecule has 5 nitrogen and oxygen atoms in total. The number of halogens is 1. The molecule has 0 atom stereocenters. The van der Waals surface area contributed by atoms with E-state index in [-0.39, 0.29) is 10.7 Å². The number of rotatable bonds is 4. The molecule has 0 radical (unpaired) electrons. The molecule has 0 aliphatic carbocycles. The van der Waals surface area contributed by atoms with Crippen molar-refractivity contribution < 1.29 is 4.92 Å². The summed E-state index contributed by atoms with van der Waals surface area (Å²) >= 11 is 5.95. The van der Waals surface area contributed by atoms with Crippen molar-refractivity contribution in [2.24, 2.45) is 5.92 Å². The molecule has 1 fully saturated rings. The van der Waals surface area contributed by atoms with Gasteiger partial charge in [0, 0.05) is 18.3 Å². The lowest BCUT2D eigenvalue weighted by molar-refractivity contribution is -0.384. The van der Waals surface area contributed by atoms with Gasteiger partial charge in [-0.15, -0.1) is 0 Å². The van der Waals surface area contributed by atoms with Crippen LogP contribution < -0.4 is 5.32 Å². The zero-order chi connectivity index (χ0) is 14.7. The quantitative estimate of drug-likeness (QED) is 0.684. The van der Waals surface area contributed by atoms with Gasteiger partial charge in [0.05, 0.1) is 4.92 Å². The fourth-order valence-corrected chi connectivity index (χ4v) is 2.75. The molecule has 0 aromatic heterocycles. The monoisotopic (exact) mass is 297 g/mol. The Hall–Kier alpha value is -1.33. The van der Waals surface area contributed by atoms with E-state index in [2.05, 4.69) is 17.3 Å². The Morgan fingerprint density at radius 3 is 2.70 bits per heavy atom. The molecule has 2 rings (SSSR count). The average Bonchev–Trinajstić information content (AvgIpc) is 2.41. The molecule has 0 spiro atoms. The smallest absolute Gasteiger partial charge is 0.288 e. The summed E-state index contributed by atoms with van der Waals surface area (Å²) in [5.41, 5.74) is 1.71. The van der Waals surface area contributed by atoms with Crippen molar-refractivity contribution in [1.29, 1.82) is 0 Å². The average molecular weight is 298 g/mol. The van der Waals surface area contributed by atoms with Gasteiger partial charge in [-0.3, -0.25) is 10.1 Å². The first-order chi connectivity index (χ1) is 9.47. The molecule has 1 aromatic rings. The second-order valence-electron chi connectivity index (χ2n) is 5.50. The lowest BCUT2D eigenvalue weighted by atomic mass is 9.97. The van der Waals surface area contributed by atoms with Gasteiger partial charge in [0.1, 0.15) is 5.02 Å². The van der Waals surface area contributed by atoms with Crippen molar-refractivity contribution in [1.82, 2.24) is 4.90 Å². The maximum Gasteiger partial charge on any atom is 0.288 e. The summed E-state index contributed by atoms with van der Waals surface area (Å²) < 4.78 is 0. The van der Waals surface area contributed by atoms with E-state index in [9.17, 15) is 10.1 Å². The molecule has 0 unspecified atom stereocenters. The number of nitrogens with zero attached hydrogens (tertiary/aromatic N) is 2. The third kappa shape index (κ3) is 3.61. The van der Waals surface area contributed by atoms with Crippen LogP contribution in [0.15, 0.2) is 12.1 Å². The van der Waals surface area contributed by atoms with Crippen LogP contribution >= 0.6 is 11.6 Å². The molecule has 1 aromatic carbocycles. The van der Waals surface area contributed by atoms with Crippen LogP contribution in [-0.2, 0) is 0 Å². The second kappa shape index (κ2) is 6.41. The molecule has 6 heteroatoms. The number of nitro benzene ring substituents is 1. The van der Waals surface area contributed by atoms with E-state index >= 15 is 0 Å². The first kappa shape index (κ1) is 15.1. The van der Waals surface area contributed by atoms with Crippen molar-refractivity contribution in [3.63, 3.8) is 0 Å². The molecule has 1 saturated heterocycles. The van der Waals surface area contributed by atoms with Crippen molar-refractivity contribution in [2.45, 2.75) is 19.8 Å². The van der Waals surface area contributed by atoms with Crippen molar-refractivity contribution >= 4 is 23.0 Å². The summed E-state index contributed by atoms with van der Waals surface area (Å²) in [6, 6.07) is 3.18. The van der Waals surface area contributed by atoms with Gasteiger partial charge in [0.25, 0.3) is 5.69 Å². The number of nitro groups is 1. The number of aryl methyl sites for hydroxylation is 1. The minimum absolute atomic E-state index is 0.0333. The highest BCUT2D eigenvalue weighted by Gasteiger charge is 2.18. The molecule has 1 aliphatic heterocycles. The molecule has 20 heavy (non-hydrogen) atoms. The topological polar surface area (TPSA) is 58.4 Å². The zero-order valence-corrected chi connectivity index (χ0v) is 12.6. The first-order valence-electron chi connectivity index (χ1n) is 6.84. The lowest BCUT2D eigenvalue weighted by Gasteiger charge is -2.29. The van der Waals surface area contributed by atoms with E-state index in [0.29, 0.717) is 5.92 Å². The molecular weight excluding hydrogens is 278 g/mol. The lowest BCUT2D eigenvalue weighted by Crippen LogP contribution is -2.33. The van der Waals surface area contributed by atoms with Crippen LogP contribution in [0.4, 0.5) is 11.4 Å². The van der Waals surface area contributed by atoms with E-state index in [1.807, 2.05) is 6.92 Å². The van der Waals surface area contributed by atoms with Gasteiger partial charge < -0.3 is 10.2 Å². The van der Waals surface area contributed by atoms with Crippen LogP contribution in [-0.4, -0.2) is 36.5 Å². The number of hydrogen-bond donors (Lipinski definition) is 1. The van der Waals surface area contributed by atoms with Gasteiger partial charge in [-0.2, -0.15) is 0 Å². The Labute approximate surface area is 124 Å². The van der Waals surface area contributed by atoms with Crippen LogP contribution in [0, 0.1) is 23.0 Å². The molecule has 0 bridgehead atoms. The number of likely N-dealkylation sites (tertiary alicyclic amines) is 1. The van der Waals surface area contributed by atoms with Crippen LogP contribution in [0.1, 0.15) is 18.4 Å². The normalized spacial score (nSPS) is 17.1. The first-order valence-corrected chi connectivity index (χ1v) is 7.22. The summed E-state index contributed by atoms with van der Waals surface area (Å²) in [7, 11) is 2.14. The molecule has 1 heterocycles. The van der Waals surface area contributed by atoms with E-state index in [1.165, 1.54) is 18.9 Å². The molecule has 0 amide bonds. The predicted molar refractivity (Wildman–Crippen MR) is 81.6 cm³/mol. The molecule has 1 aliphatic rings. The highest BCUT2D eigenvalue weighted by molar-refractivity contribution is 6.33. The number of hydrogen-bond acceptors (Lipinski definition) is 4. The Morgan fingerprint density at radius 1 is 1.45 bits per heavy atom. The van der Waals surface area contributed by atoms with Gasteiger partial charge in [0.15, 0.2) is 0 Å². The third-order valence-electron chi connectivity index (χ3n) is 3.91. The van der Waals surface area contributed by atoms with E-state index < -0.39 is 4.92 Å². The SMILES string of the molecule is Cc1cc([N+](=O)[O-])c(Cl)cc1NCC1CCN(C)CC1. The largest absolute Gasteiger partial charge is 0.385 e. The molecule has 0 saturated carbocycles. The fraction of sp³-hybridized carbons (Fsp3) is 0.571. The third-order valence-corrected chi connectivity index (χ3v) is 4.21. The van der Waals surface area contributed by atoms with Crippen LogP contribution in [0.5, 0.6) is 0 Å². The molecular formula is C14H20ClN3O2. The summed E-state index contributed by atoms with van der Waals surface area (Å²) in [5, 5.41) is 14.4. The Morgan fingerprint density at radius 2 is 2.10 bits per heavy atom. The summed E-state index contributed by atoms with van der Waals surface area (Å²) in [4.78, 5) is 12.7. The van der Waals surface area contributed by atoms with Crippen molar-refractivity contribution in [3.05, 3.63) is 32.8 Å². The van der Waals surface area contributed by atoms with Crippen molar-refractivity contribution in [2.75, 3.05) is 32.0 Å². The highest BCUT2D eigenvalue weighted by Crippen LogP contribution is 2.31. The van der Waals surface area contributed by atoms with Crippen LogP contribution in [0.25, 0.3) is 0 Å². The maximum absolute atomic E-state index is 10.8. The minimum Gasteiger partial charge on any atom is -0.385 e. The number of benzene rings is 1. The Kier molecular flexibility index (Phi) is 4.83. The molecule has 110 valence electrons. The van der Waals surface area contributed by atoms with E-state index in [1.54, 1.807) is 6.07 Å². The van der Waals surface area contributed by atoms with Gasteiger partial charge >= 0.3 is 0 Å². The van der Waals surface area contributed by atoms with Gasteiger partial charge in [-0.1, -0.05) is 11.6 Å². The standard InChI is InChI=1S/C14H20ClN3O2/c1-10-7-14(18(19)20)12(15)8-13(10)16-9-11-3-5-17(2)6-4-11/h7-8,11,16H,3-6,9H2,1-2H3. The number of piperidine rings is 1. The molecule has 1 N–H and O–H groups in total. The van der Waals surface area contributed by atoms with Gasteiger partial charge in [0.2, 0.25) is 0 Å².